The zero-order valence-corrected chi connectivity index (χ0v) is 14.4. The second-order valence-electron chi connectivity index (χ2n) is 5.66. The highest BCUT2D eigenvalue weighted by Crippen LogP contribution is 2.20. The molecule has 3 aromatic rings. The van der Waals surface area contributed by atoms with E-state index in [9.17, 15) is 4.79 Å². The first-order valence-corrected chi connectivity index (χ1v) is 8.08. The van der Waals surface area contributed by atoms with E-state index in [1.807, 2.05) is 54.2 Å². The summed E-state index contributed by atoms with van der Waals surface area (Å²) in [4.78, 5) is 16.8. The highest BCUT2D eigenvalue weighted by molar-refractivity contribution is 6.06. The zero-order valence-electron chi connectivity index (χ0n) is 14.4. The maximum atomic E-state index is 12.6. The van der Waals surface area contributed by atoms with Gasteiger partial charge in [0.2, 0.25) is 5.88 Å². The standard InChI is InChI=1S/C19H21N3O3/c1-22-10-8-15-16(6-3-7-17(15)22)18(23)21-13-14-5-4-9-20-19(14)25-12-11-24-2/h3-10H,11-13H2,1-2H3,(H,21,23). The summed E-state index contributed by atoms with van der Waals surface area (Å²) >= 11 is 0. The van der Waals surface area contributed by atoms with Crippen molar-refractivity contribution in [2.45, 2.75) is 6.54 Å². The Morgan fingerprint density at radius 2 is 2.08 bits per heavy atom. The smallest absolute Gasteiger partial charge is 0.252 e. The summed E-state index contributed by atoms with van der Waals surface area (Å²) in [6, 6.07) is 11.4. The summed E-state index contributed by atoms with van der Waals surface area (Å²) in [7, 11) is 3.58. The Kier molecular flexibility index (Phi) is 5.30. The molecule has 6 nitrogen and oxygen atoms in total. The third kappa shape index (κ3) is 3.80. The van der Waals surface area contributed by atoms with E-state index in [0.29, 0.717) is 31.2 Å². The van der Waals surface area contributed by atoms with Gasteiger partial charge in [-0.1, -0.05) is 12.1 Å². The topological polar surface area (TPSA) is 65.4 Å². The fraction of sp³-hybridized carbons (Fsp3) is 0.263. The Bertz CT molecular complexity index is 873. The number of benzene rings is 1. The number of aromatic nitrogens is 2. The molecule has 130 valence electrons. The number of amides is 1. The van der Waals surface area contributed by atoms with Crippen molar-refractivity contribution in [1.29, 1.82) is 0 Å². The van der Waals surface area contributed by atoms with Gasteiger partial charge < -0.3 is 19.4 Å². The molecule has 0 bridgehead atoms. The van der Waals surface area contributed by atoms with Crippen molar-refractivity contribution in [2.75, 3.05) is 20.3 Å². The number of carbonyl (C=O) groups excluding carboxylic acids is 1. The van der Waals surface area contributed by atoms with Gasteiger partial charge >= 0.3 is 0 Å². The minimum atomic E-state index is -0.122. The van der Waals surface area contributed by atoms with Crippen molar-refractivity contribution in [2.24, 2.45) is 7.05 Å². The lowest BCUT2D eigenvalue weighted by Crippen LogP contribution is -2.23. The second kappa shape index (κ2) is 7.81. The highest BCUT2D eigenvalue weighted by Gasteiger charge is 2.12. The first-order chi connectivity index (χ1) is 12.2. The van der Waals surface area contributed by atoms with E-state index >= 15 is 0 Å². The predicted octanol–water partition coefficient (Wildman–Crippen LogP) is 2.53. The van der Waals surface area contributed by atoms with Gasteiger partial charge in [-0.25, -0.2) is 4.98 Å². The van der Waals surface area contributed by atoms with Crippen LogP contribution >= 0.6 is 0 Å². The Labute approximate surface area is 146 Å². The first kappa shape index (κ1) is 17.0. The van der Waals surface area contributed by atoms with Crippen LogP contribution in [0.3, 0.4) is 0 Å². The zero-order chi connectivity index (χ0) is 17.6. The normalized spacial score (nSPS) is 10.8. The van der Waals surface area contributed by atoms with Crippen molar-refractivity contribution in [1.82, 2.24) is 14.9 Å². The average molecular weight is 339 g/mol. The van der Waals surface area contributed by atoms with Gasteiger partial charge in [0, 0.05) is 55.1 Å². The lowest BCUT2D eigenvalue weighted by Gasteiger charge is -2.11. The summed E-state index contributed by atoms with van der Waals surface area (Å²) in [5, 5.41) is 3.88. The molecular weight excluding hydrogens is 318 g/mol. The monoisotopic (exact) mass is 339 g/mol. The largest absolute Gasteiger partial charge is 0.475 e. The van der Waals surface area contributed by atoms with Crippen molar-refractivity contribution in [3.8, 4) is 5.88 Å². The lowest BCUT2D eigenvalue weighted by atomic mass is 10.1. The van der Waals surface area contributed by atoms with Gasteiger partial charge in [-0.15, -0.1) is 0 Å². The van der Waals surface area contributed by atoms with Gasteiger partial charge in [-0.3, -0.25) is 4.79 Å². The molecule has 25 heavy (non-hydrogen) atoms. The quantitative estimate of drug-likeness (QED) is 0.672. The van der Waals surface area contributed by atoms with Gasteiger partial charge in [0.1, 0.15) is 6.61 Å². The number of fused-ring (bicyclic) bond motifs is 1. The Morgan fingerprint density at radius 1 is 1.20 bits per heavy atom. The lowest BCUT2D eigenvalue weighted by molar-refractivity contribution is 0.0951. The van der Waals surface area contributed by atoms with Crippen LogP contribution in [-0.2, 0) is 18.3 Å². The van der Waals surface area contributed by atoms with Gasteiger partial charge in [0.25, 0.3) is 5.91 Å². The van der Waals surface area contributed by atoms with Crippen molar-refractivity contribution in [3.05, 3.63) is 59.9 Å². The number of hydrogen-bond donors (Lipinski definition) is 1. The maximum Gasteiger partial charge on any atom is 0.252 e. The molecule has 0 aliphatic heterocycles. The number of rotatable bonds is 7. The fourth-order valence-corrected chi connectivity index (χ4v) is 2.68. The van der Waals surface area contributed by atoms with Crippen LogP contribution in [0.2, 0.25) is 0 Å². The molecule has 0 unspecified atom stereocenters. The van der Waals surface area contributed by atoms with Crippen LogP contribution in [0.15, 0.2) is 48.8 Å². The summed E-state index contributed by atoms with van der Waals surface area (Å²) in [6.45, 7) is 1.24. The molecule has 6 heteroatoms. The molecule has 0 aliphatic carbocycles. The third-order valence-electron chi connectivity index (χ3n) is 3.99. The molecule has 0 saturated heterocycles. The maximum absolute atomic E-state index is 12.6. The van der Waals surface area contributed by atoms with Crippen LogP contribution in [0, 0.1) is 0 Å². The van der Waals surface area contributed by atoms with Gasteiger partial charge in [0.15, 0.2) is 0 Å². The second-order valence-corrected chi connectivity index (χ2v) is 5.66. The molecule has 0 aliphatic rings. The van der Waals surface area contributed by atoms with Crippen LogP contribution in [0.5, 0.6) is 5.88 Å². The number of aryl methyl sites for hydroxylation is 1. The molecule has 0 radical (unpaired) electrons. The van der Waals surface area contributed by atoms with E-state index < -0.39 is 0 Å². The van der Waals surface area contributed by atoms with E-state index in [2.05, 4.69) is 10.3 Å². The SMILES string of the molecule is COCCOc1ncccc1CNC(=O)c1cccc2c1ccn2C. The van der Waals surface area contributed by atoms with E-state index in [-0.39, 0.29) is 5.91 Å². The van der Waals surface area contributed by atoms with Crippen LogP contribution in [0.1, 0.15) is 15.9 Å². The molecule has 1 amide bonds. The van der Waals surface area contributed by atoms with Crippen LogP contribution in [0.4, 0.5) is 0 Å². The number of carbonyl (C=O) groups is 1. The molecule has 1 aromatic carbocycles. The van der Waals surface area contributed by atoms with Crippen LogP contribution < -0.4 is 10.1 Å². The third-order valence-corrected chi connectivity index (χ3v) is 3.99. The molecular formula is C19H21N3O3. The Balaban J connectivity index is 1.72. The first-order valence-electron chi connectivity index (χ1n) is 8.08. The van der Waals surface area contributed by atoms with Crippen LogP contribution in [-0.4, -0.2) is 35.8 Å². The minimum Gasteiger partial charge on any atom is -0.475 e. The molecule has 0 saturated carbocycles. The van der Waals surface area contributed by atoms with Crippen molar-refractivity contribution >= 4 is 16.8 Å². The number of nitrogens with zero attached hydrogens (tertiary/aromatic N) is 2. The predicted molar refractivity (Wildman–Crippen MR) is 95.7 cm³/mol. The number of hydrogen-bond acceptors (Lipinski definition) is 4. The Morgan fingerprint density at radius 3 is 2.92 bits per heavy atom. The number of methoxy groups -OCH3 is 1. The van der Waals surface area contributed by atoms with Gasteiger partial charge in [0.05, 0.1) is 6.61 Å². The van der Waals surface area contributed by atoms with E-state index in [1.165, 1.54) is 0 Å². The van der Waals surface area contributed by atoms with Crippen molar-refractivity contribution in [3.63, 3.8) is 0 Å². The molecule has 2 heterocycles. The van der Waals surface area contributed by atoms with Crippen LogP contribution in [0.25, 0.3) is 10.9 Å². The molecule has 0 spiro atoms. The Hall–Kier alpha value is -2.86. The number of pyridine rings is 1. The minimum absolute atomic E-state index is 0.122. The summed E-state index contributed by atoms with van der Waals surface area (Å²) in [6.07, 6.45) is 3.61. The van der Waals surface area contributed by atoms with E-state index in [0.717, 1.165) is 16.5 Å². The molecule has 2 aromatic heterocycles. The van der Waals surface area contributed by atoms with Gasteiger partial charge in [-0.05, 0) is 24.3 Å². The fourth-order valence-electron chi connectivity index (χ4n) is 2.68. The molecule has 1 N–H and O–H groups in total. The summed E-state index contributed by atoms with van der Waals surface area (Å²) in [5.74, 6) is 0.390. The molecule has 0 atom stereocenters. The van der Waals surface area contributed by atoms with E-state index in [1.54, 1.807) is 13.3 Å². The number of nitrogens with one attached hydrogen (secondary N) is 1. The van der Waals surface area contributed by atoms with Crippen molar-refractivity contribution < 1.29 is 14.3 Å². The molecule has 3 rings (SSSR count). The average Bonchev–Trinajstić information content (AvgIpc) is 3.02. The molecule has 0 fully saturated rings. The van der Waals surface area contributed by atoms with Gasteiger partial charge in [-0.2, -0.15) is 0 Å². The highest BCUT2D eigenvalue weighted by atomic mass is 16.5. The van der Waals surface area contributed by atoms with E-state index in [4.69, 9.17) is 9.47 Å². The summed E-state index contributed by atoms with van der Waals surface area (Å²) < 4.78 is 12.6. The number of ether oxygens (including phenoxy) is 2. The summed E-state index contributed by atoms with van der Waals surface area (Å²) in [5.41, 5.74) is 2.51.